The first-order valence-electron chi connectivity index (χ1n) is 14.8. The van der Waals surface area contributed by atoms with Gasteiger partial charge in [-0.25, -0.2) is 8.42 Å². The molecule has 0 radical (unpaired) electrons. The molecule has 0 aromatic heterocycles. The van der Waals surface area contributed by atoms with Crippen molar-refractivity contribution >= 4 is 62.3 Å². The van der Waals surface area contributed by atoms with Gasteiger partial charge < -0.3 is 10.2 Å². The van der Waals surface area contributed by atoms with Gasteiger partial charge in [-0.1, -0.05) is 90.3 Å². The number of sulfonamides is 1. The summed E-state index contributed by atoms with van der Waals surface area (Å²) in [6, 6.07) is 25.7. The molecule has 0 aliphatic rings. The number of hydrogen-bond donors (Lipinski definition) is 1. The molecule has 46 heavy (non-hydrogen) atoms. The molecule has 4 rings (SSSR count). The molecule has 1 N–H and O–H groups in total. The first-order valence-corrected chi connectivity index (χ1v) is 17.4. The maximum absolute atomic E-state index is 14.6. The van der Waals surface area contributed by atoms with Gasteiger partial charge in [0.2, 0.25) is 11.8 Å². The van der Waals surface area contributed by atoms with E-state index in [1.54, 1.807) is 36.4 Å². The molecule has 4 aromatic carbocycles. The van der Waals surface area contributed by atoms with Crippen molar-refractivity contribution in [3.63, 3.8) is 0 Å². The van der Waals surface area contributed by atoms with E-state index in [2.05, 4.69) is 5.32 Å². The predicted octanol–water partition coefficient (Wildman–Crippen LogP) is 7.71. The highest BCUT2D eigenvalue weighted by atomic mass is 35.5. The van der Waals surface area contributed by atoms with Crippen LogP contribution in [-0.4, -0.2) is 43.8 Å². The summed E-state index contributed by atoms with van der Waals surface area (Å²) in [6.07, 6.45) is 0.847. The largest absolute Gasteiger partial charge is 0.352 e. The normalized spacial score (nSPS) is 12.7. The van der Waals surface area contributed by atoms with Crippen molar-refractivity contribution in [1.29, 1.82) is 0 Å². The average molecular weight is 701 g/mol. The van der Waals surface area contributed by atoms with Crippen molar-refractivity contribution in [2.24, 2.45) is 0 Å². The molecule has 0 spiro atoms. The van der Waals surface area contributed by atoms with Gasteiger partial charge in [-0.05, 0) is 79.9 Å². The maximum atomic E-state index is 14.6. The number of aryl methyl sites for hydroxylation is 1. The summed E-state index contributed by atoms with van der Waals surface area (Å²) >= 11 is 19.2. The lowest BCUT2D eigenvalue weighted by molar-refractivity contribution is -0.140. The van der Waals surface area contributed by atoms with Crippen LogP contribution >= 0.6 is 34.8 Å². The van der Waals surface area contributed by atoms with Crippen LogP contribution in [-0.2, 0) is 32.6 Å². The number of rotatable bonds is 13. The third kappa shape index (κ3) is 8.82. The lowest BCUT2D eigenvalue weighted by atomic mass is 10.0. The molecule has 242 valence electrons. The fourth-order valence-corrected chi connectivity index (χ4v) is 6.94. The molecule has 0 unspecified atom stereocenters. The zero-order valence-corrected chi connectivity index (χ0v) is 28.9. The summed E-state index contributed by atoms with van der Waals surface area (Å²) in [7, 11) is -4.26. The Labute approximate surface area is 286 Å². The summed E-state index contributed by atoms with van der Waals surface area (Å²) in [4.78, 5) is 29.9. The van der Waals surface area contributed by atoms with E-state index in [4.69, 9.17) is 34.8 Å². The highest BCUT2D eigenvalue weighted by Crippen LogP contribution is 2.29. The second-order valence-electron chi connectivity index (χ2n) is 11.0. The van der Waals surface area contributed by atoms with Crippen LogP contribution in [0.25, 0.3) is 0 Å². The third-order valence-corrected chi connectivity index (χ3v) is 10.4. The summed E-state index contributed by atoms with van der Waals surface area (Å²) in [5.41, 5.74) is 2.36. The topological polar surface area (TPSA) is 86.8 Å². The van der Waals surface area contributed by atoms with E-state index < -0.39 is 28.5 Å². The van der Waals surface area contributed by atoms with Crippen molar-refractivity contribution in [2.45, 2.75) is 57.1 Å². The van der Waals surface area contributed by atoms with Crippen LogP contribution in [0.5, 0.6) is 0 Å². The molecule has 0 saturated carbocycles. The molecule has 2 amide bonds. The number of halogens is 3. The Balaban J connectivity index is 1.84. The van der Waals surface area contributed by atoms with Crippen molar-refractivity contribution in [3.05, 3.63) is 129 Å². The van der Waals surface area contributed by atoms with Gasteiger partial charge in [0, 0.05) is 39.6 Å². The van der Waals surface area contributed by atoms with Crippen LogP contribution in [0.2, 0.25) is 15.1 Å². The minimum Gasteiger partial charge on any atom is -0.352 e. The summed E-state index contributed by atoms with van der Waals surface area (Å²) < 4.78 is 29.4. The lowest BCUT2D eigenvalue weighted by Gasteiger charge is -2.34. The molecule has 0 heterocycles. The standard InChI is InChI=1S/C35H36Cl3N3O4S/c1-4-25(3)39-35(43)33(21-26-11-6-5-7-12-26)40(22-30-31(37)14-9-15-32(30)38)34(42)23-41(28-13-8-10-24(2)20-28)46(44,45)29-18-16-27(36)17-19-29/h5-20,25,33H,4,21-23H2,1-3H3,(H,39,43)/t25-,33-/m1/s1. The maximum Gasteiger partial charge on any atom is 0.264 e. The Bertz CT molecular complexity index is 1750. The highest BCUT2D eigenvalue weighted by Gasteiger charge is 2.35. The van der Waals surface area contributed by atoms with E-state index in [0.717, 1.165) is 15.4 Å². The molecule has 0 aliphatic carbocycles. The van der Waals surface area contributed by atoms with Crippen LogP contribution in [0.15, 0.2) is 102 Å². The molecule has 7 nitrogen and oxygen atoms in total. The number of carbonyl (C=O) groups is 2. The van der Waals surface area contributed by atoms with Crippen LogP contribution in [0.3, 0.4) is 0 Å². The second-order valence-corrected chi connectivity index (χ2v) is 14.2. The lowest BCUT2D eigenvalue weighted by Crippen LogP contribution is -2.54. The van der Waals surface area contributed by atoms with Crippen molar-refractivity contribution in [2.75, 3.05) is 10.8 Å². The number of amides is 2. The summed E-state index contributed by atoms with van der Waals surface area (Å²) in [6.45, 7) is 4.93. The Morgan fingerprint density at radius 3 is 2.09 bits per heavy atom. The van der Waals surface area contributed by atoms with Crippen molar-refractivity contribution in [3.8, 4) is 0 Å². The van der Waals surface area contributed by atoms with Gasteiger partial charge in [0.05, 0.1) is 10.6 Å². The van der Waals surface area contributed by atoms with Gasteiger partial charge in [-0.2, -0.15) is 0 Å². The molecule has 0 aliphatic heterocycles. The number of nitrogens with one attached hydrogen (secondary N) is 1. The number of anilines is 1. The number of carbonyl (C=O) groups excluding carboxylic acids is 2. The SMILES string of the molecule is CC[C@@H](C)NC(=O)[C@@H](Cc1ccccc1)N(Cc1c(Cl)cccc1Cl)C(=O)CN(c1cccc(C)c1)S(=O)(=O)c1ccc(Cl)cc1. The van der Waals surface area contributed by atoms with Gasteiger partial charge in [-0.15, -0.1) is 0 Å². The highest BCUT2D eigenvalue weighted by molar-refractivity contribution is 7.92. The van der Waals surface area contributed by atoms with Crippen LogP contribution in [0, 0.1) is 6.92 Å². The second kappa shape index (κ2) is 15.8. The van der Waals surface area contributed by atoms with Crippen molar-refractivity contribution < 1.29 is 18.0 Å². The zero-order chi connectivity index (χ0) is 33.4. The van der Waals surface area contributed by atoms with E-state index >= 15 is 0 Å². The van der Waals surface area contributed by atoms with E-state index in [-0.39, 0.29) is 29.8 Å². The van der Waals surface area contributed by atoms with Crippen LogP contribution in [0.1, 0.15) is 37.0 Å². The number of benzene rings is 4. The van der Waals surface area contributed by atoms with Gasteiger partial charge in [0.15, 0.2) is 0 Å². The molecular weight excluding hydrogens is 665 g/mol. The quantitative estimate of drug-likeness (QED) is 0.155. The number of hydrogen-bond acceptors (Lipinski definition) is 4. The fourth-order valence-electron chi connectivity index (χ4n) is 4.89. The Hall–Kier alpha value is -3.56. The molecule has 0 fully saturated rings. The zero-order valence-electron chi connectivity index (χ0n) is 25.8. The molecule has 11 heteroatoms. The molecule has 4 aromatic rings. The van der Waals surface area contributed by atoms with E-state index in [9.17, 15) is 18.0 Å². The van der Waals surface area contributed by atoms with Gasteiger partial charge in [-0.3, -0.25) is 13.9 Å². The molecule has 2 atom stereocenters. The number of nitrogens with zero attached hydrogens (tertiary/aromatic N) is 2. The van der Waals surface area contributed by atoms with Gasteiger partial charge in [0.25, 0.3) is 10.0 Å². The summed E-state index contributed by atoms with van der Waals surface area (Å²) in [5.74, 6) is -0.993. The van der Waals surface area contributed by atoms with Gasteiger partial charge in [0.1, 0.15) is 12.6 Å². The van der Waals surface area contributed by atoms with E-state index in [0.29, 0.717) is 32.7 Å². The Morgan fingerprint density at radius 1 is 0.848 bits per heavy atom. The molecule has 0 bridgehead atoms. The fraction of sp³-hybridized carbons (Fsp3) is 0.257. The summed E-state index contributed by atoms with van der Waals surface area (Å²) in [5, 5.41) is 4.01. The predicted molar refractivity (Wildman–Crippen MR) is 186 cm³/mol. The minimum absolute atomic E-state index is 0.0396. The monoisotopic (exact) mass is 699 g/mol. The van der Waals surface area contributed by atoms with Gasteiger partial charge >= 0.3 is 0 Å². The van der Waals surface area contributed by atoms with Crippen molar-refractivity contribution in [1.82, 2.24) is 10.2 Å². The first kappa shape index (κ1) is 35.3. The smallest absolute Gasteiger partial charge is 0.264 e. The average Bonchev–Trinajstić information content (AvgIpc) is 3.03. The Kier molecular flexibility index (Phi) is 12.1. The Morgan fingerprint density at radius 2 is 1.48 bits per heavy atom. The van der Waals surface area contributed by atoms with E-state index in [1.807, 2.05) is 57.2 Å². The van der Waals surface area contributed by atoms with E-state index in [1.165, 1.54) is 29.2 Å². The molecule has 0 saturated heterocycles. The minimum atomic E-state index is -4.26. The van der Waals surface area contributed by atoms with Crippen LogP contribution in [0.4, 0.5) is 5.69 Å². The third-order valence-electron chi connectivity index (χ3n) is 7.63. The van der Waals surface area contributed by atoms with Crippen LogP contribution < -0.4 is 9.62 Å². The first-order chi connectivity index (χ1) is 21.9. The molecular formula is C35H36Cl3N3O4S.